The Kier molecular flexibility index (Phi) is 5.84. The van der Waals surface area contributed by atoms with Gasteiger partial charge in [-0.3, -0.25) is 0 Å². The van der Waals surface area contributed by atoms with Crippen LogP contribution in [0, 0.1) is 5.92 Å². The molecule has 0 saturated heterocycles. The Hall–Kier alpha value is -1.22. The molecule has 3 heteroatoms. The van der Waals surface area contributed by atoms with Gasteiger partial charge in [0.2, 0.25) is 0 Å². The molecule has 1 unspecified atom stereocenters. The molecule has 0 amide bonds. The van der Waals surface area contributed by atoms with E-state index in [0.29, 0.717) is 5.92 Å². The lowest BCUT2D eigenvalue weighted by atomic mass is 10.1. The molecule has 1 atom stereocenters. The Morgan fingerprint density at radius 2 is 2.12 bits per heavy atom. The van der Waals surface area contributed by atoms with Crippen LogP contribution >= 0.6 is 0 Å². The average molecular weight is 237 g/mol. The molecule has 1 aromatic rings. The molecular weight excluding hydrogens is 214 g/mol. The number of nitrogens with one attached hydrogen (secondary N) is 1. The summed E-state index contributed by atoms with van der Waals surface area (Å²) >= 11 is 0. The third-order valence-electron chi connectivity index (χ3n) is 2.86. The number of ether oxygens (including phenoxy) is 2. The van der Waals surface area contributed by atoms with Gasteiger partial charge in [0, 0.05) is 12.1 Å². The van der Waals surface area contributed by atoms with Crippen molar-refractivity contribution in [1.82, 2.24) is 5.32 Å². The molecule has 1 rings (SSSR count). The van der Waals surface area contributed by atoms with Gasteiger partial charge in [0.05, 0.1) is 13.7 Å². The Balaban J connectivity index is 2.75. The molecule has 0 aliphatic rings. The SMILES string of the molecule is CCC(C)COc1ccc(OC)cc1CNC. The fourth-order valence-electron chi connectivity index (χ4n) is 1.50. The van der Waals surface area contributed by atoms with Crippen LogP contribution in [0.1, 0.15) is 25.8 Å². The molecule has 0 aromatic heterocycles. The largest absolute Gasteiger partial charge is 0.497 e. The fraction of sp³-hybridized carbons (Fsp3) is 0.571. The van der Waals surface area contributed by atoms with E-state index in [9.17, 15) is 0 Å². The highest BCUT2D eigenvalue weighted by Crippen LogP contribution is 2.24. The van der Waals surface area contributed by atoms with Crippen LogP contribution in [0.4, 0.5) is 0 Å². The van der Waals surface area contributed by atoms with Crippen molar-refractivity contribution in [2.75, 3.05) is 20.8 Å². The van der Waals surface area contributed by atoms with Crippen LogP contribution in [0.3, 0.4) is 0 Å². The predicted molar refractivity (Wildman–Crippen MR) is 70.7 cm³/mol. The van der Waals surface area contributed by atoms with E-state index in [-0.39, 0.29) is 0 Å². The van der Waals surface area contributed by atoms with Crippen LogP contribution in [0.2, 0.25) is 0 Å². The highest BCUT2D eigenvalue weighted by Gasteiger charge is 2.07. The summed E-state index contributed by atoms with van der Waals surface area (Å²) in [5, 5.41) is 3.14. The third kappa shape index (κ3) is 4.27. The summed E-state index contributed by atoms with van der Waals surface area (Å²) in [6.07, 6.45) is 1.14. The smallest absolute Gasteiger partial charge is 0.124 e. The monoisotopic (exact) mass is 237 g/mol. The lowest BCUT2D eigenvalue weighted by molar-refractivity contribution is 0.253. The number of hydrogen-bond donors (Lipinski definition) is 1. The summed E-state index contributed by atoms with van der Waals surface area (Å²) in [5.41, 5.74) is 1.13. The normalized spacial score (nSPS) is 12.2. The first-order valence-corrected chi connectivity index (χ1v) is 6.15. The van der Waals surface area contributed by atoms with Crippen LogP contribution in [-0.2, 0) is 6.54 Å². The molecule has 3 nitrogen and oxygen atoms in total. The zero-order chi connectivity index (χ0) is 12.7. The van der Waals surface area contributed by atoms with Gasteiger partial charge in [-0.25, -0.2) is 0 Å². The summed E-state index contributed by atoms with van der Waals surface area (Å²) in [7, 11) is 3.61. The van der Waals surface area contributed by atoms with Crippen LogP contribution < -0.4 is 14.8 Å². The molecule has 1 N–H and O–H groups in total. The van der Waals surface area contributed by atoms with Crippen molar-refractivity contribution >= 4 is 0 Å². The molecular formula is C14H23NO2. The first kappa shape index (κ1) is 13.8. The lowest BCUT2D eigenvalue weighted by Crippen LogP contribution is -2.11. The van der Waals surface area contributed by atoms with Crippen LogP contribution in [-0.4, -0.2) is 20.8 Å². The summed E-state index contributed by atoms with van der Waals surface area (Å²) < 4.78 is 11.1. The fourth-order valence-corrected chi connectivity index (χ4v) is 1.50. The van der Waals surface area contributed by atoms with Gasteiger partial charge in [-0.05, 0) is 31.2 Å². The average Bonchev–Trinajstić information content (AvgIpc) is 2.37. The minimum Gasteiger partial charge on any atom is -0.497 e. The zero-order valence-corrected chi connectivity index (χ0v) is 11.2. The third-order valence-corrected chi connectivity index (χ3v) is 2.86. The molecule has 0 aliphatic heterocycles. The van der Waals surface area contributed by atoms with Gasteiger partial charge < -0.3 is 14.8 Å². The van der Waals surface area contributed by atoms with Gasteiger partial charge in [0.25, 0.3) is 0 Å². The van der Waals surface area contributed by atoms with Crippen molar-refractivity contribution in [3.05, 3.63) is 23.8 Å². The molecule has 0 radical (unpaired) electrons. The molecule has 0 fully saturated rings. The minimum absolute atomic E-state index is 0.583. The number of rotatable bonds is 7. The van der Waals surface area contributed by atoms with E-state index in [4.69, 9.17) is 9.47 Å². The van der Waals surface area contributed by atoms with Crippen LogP contribution in [0.25, 0.3) is 0 Å². The Bertz CT molecular complexity index is 339. The van der Waals surface area contributed by atoms with Crippen LogP contribution in [0.5, 0.6) is 11.5 Å². The standard InChI is InChI=1S/C14H23NO2/c1-5-11(2)10-17-14-7-6-13(16-4)8-12(14)9-15-3/h6-8,11,15H,5,9-10H2,1-4H3. The molecule has 0 bridgehead atoms. The van der Waals surface area contributed by atoms with Gasteiger partial charge in [-0.15, -0.1) is 0 Å². The second-order valence-electron chi connectivity index (χ2n) is 4.33. The van der Waals surface area contributed by atoms with Crippen molar-refractivity contribution in [2.45, 2.75) is 26.8 Å². The first-order valence-electron chi connectivity index (χ1n) is 6.15. The Morgan fingerprint density at radius 1 is 1.35 bits per heavy atom. The zero-order valence-electron chi connectivity index (χ0n) is 11.2. The van der Waals surface area contributed by atoms with Gasteiger partial charge in [-0.2, -0.15) is 0 Å². The van der Waals surface area contributed by atoms with E-state index >= 15 is 0 Å². The predicted octanol–water partition coefficient (Wildman–Crippen LogP) is 2.84. The van der Waals surface area contributed by atoms with E-state index in [2.05, 4.69) is 19.2 Å². The van der Waals surface area contributed by atoms with Crippen molar-refractivity contribution in [3.8, 4) is 11.5 Å². The van der Waals surface area contributed by atoms with Crippen molar-refractivity contribution in [3.63, 3.8) is 0 Å². The second-order valence-corrected chi connectivity index (χ2v) is 4.33. The number of benzene rings is 1. The summed E-state index contributed by atoms with van der Waals surface area (Å²) in [6, 6.07) is 5.93. The molecule has 1 aromatic carbocycles. The maximum atomic E-state index is 5.85. The lowest BCUT2D eigenvalue weighted by Gasteiger charge is -2.15. The Labute approximate surface area is 104 Å². The van der Waals surface area contributed by atoms with Gasteiger partial charge in [0.1, 0.15) is 11.5 Å². The van der Waals surface area contributed by atoms with Gasteiger partial charge >= 0.3 is 0 Å². The highest BCUT2D eigenvalue weighted by molar-refractivity contribution is 5.40. The van der Waals surface area contributed by atoms with Crippen molar-refractivity contribution in [2.24, 2.45) is 5.92 Å². The minimum atomic E-state index is 0.583. The number of methoxy groups -OCH3 is 1. The van der Waals surface area contributed by atoms with E-state index in [1.807, 2.05) is 25.2 Å². The van der Waals surface area contributed by atoms with Crippen LogP contribution in [0.15, 0.2) is 18.2 Å². The Morgan fingerprint density at radius 3 is 2.71 bits per heavy atom. The molecule has 0 aliphatic carbocycles. The van der Waals surface area contributed by atoms with E-state index in [1.165, 1.54) is 0 Å². The quantitative estimate of drug-likeness (QED) is 0.791. The summed E-state index contributed by atoms with van der Waals surface area (Å²) in [5.74, 6) is 2.39. The highest BCUT2D eigenvalue weighted by atomic mass is 16.5. The molecule has 0 spiro atoms. The molecule has 0 heterocycles. The molecule has 96 valence electrons. The van der Waals surface area contributed by atoms with E-state index in [0.717, 1.165) is 36.6 Å². The summed E-state index contributed by atoms with van der Waals surface area (Å²) in [6.45, 7) is 5.92. The maximum absolute atomic E-state index is 5.85. The maximum Gasteiger partial charge on any atom is 0.124 e. The first-order chi connectivity index (χ1) is 8.21. The van der Waals surface area contributed by atoms with Gasteiger partial charge in [0.15, 0.2) is 0 Å². The number of hydrogen-bond acceptors (Lipinski definition) is 3. The van der Waals surface area contributed by atoms with E-state index < -0.39 is 0 Å². The second kappa shape index (κ2) is 7.17. The van der Waals surface area contributed by atoms with Crippen molar-refractivity contribution < 1.29 is 9.47 Å². The topological polar surface area (TPSA) is 30.5 Å². The van der Waals surface area contributed by atoms with Gasteiger partial charge in [-0.1, -0.05) is 20.3 Å². The van der Waals surface area contributed by atoms with Crippen molar-refractivity contribution in [1.29, 1.82) is 0 Å². The summed E-state index contributed by atoms with van der Waals surface area (Å²) in [4.78, 5) is 0. The molecule has 17 heavy (non-hydrogen) atoms. The molecule has 0 saturated carbocycles. The van der Waals surface area contributed by atoms with E-state index in [1.54, 1.807) is 7.11 Å².